The zero-order valence-corrected chi connectivity index (χ0v) is 7.29. The van der Waals surface area contributed by atoms with Gasteiger partial charge in [0.1, 0.15) is 5.82 Å². The lowest BCUT2D eigenvalue weighted by molar-refractivity contribution is 0.111. The largest absolute Gasteiger partial charge is 0.368 e. The number of nitrogens with zero attached hydrogens (tertiary/aromatic N) is 1. The SMILES string of the molecule is CC(C)CNc1cc(C=O)[nH]n1. The number of carbonyl (C=O) groups is 1. The molecule has 2 N–H and O–H groups in total. The van der Waals surface area contributed by atoms with Crippen molar-refractivity contribution in [2.75, 3.05) is 11.9 Å². The van der Waals surface area contributed by atoms with Crippen LogP contribution in [0.2, 0.25) is 0 Å². The van der Waals surface area contributed by atoms with E-state index in [9.17, 15) is 4.79 Å². The molecule has 1 aromatic rings. The number of anilines is 1. The van der Waals surface area contributed by atoms with E-state index >= 15 is 0 Å². The number of hydrogen-bond acceptors (Lipinski definition) is 3. The van der Waals surface area contributed by atoms with Crippen LogP contribution >= 0.6 is 0 Å². The number of aldehydes is 1. The summed E-state index contributed by atoms with van der Waals surface area (Å²) in [6.45, 7) is 5.09. The highest BCUT2D eigenvalue weighted by molar-refractivity contribution is 5.73. The zero-order valence-electron chi connectivity index (χ0n) is 7.29. The molecule has 1 aromatic heterocycles. The minimum absolute atomic E-state index is 0.501. The van der Waals surface area contributed by atoms with E-state index in [-0.39, 0.29) is 0 Å². The van der Waals surface area contributed by atoms with Gasteiger partial charge in [-0.05, 0) is 5.92 Å². The van der Waals surface area contributed by atoms with Gasteiger partial charge in [-0.3, -0.25) is 9.89 Å². The van der Waals surface area contributed by atoms with Crippen LogP contribution in [0, 0.1) is 5.92 Å². The molecule has 0 spiro atoms. The van der Waals surface area contributed by atoms with E-state index in [1.807, 2.05) is 0 Å². The van der Waals surface area contributed by atoms with E-state index in [0.29, 0.717) is 11.6 Å². The Morgan fingerprint density at radius 3 is 3.00 bits per heavy atom. The highest BCUT2D eigenvalue weighted by Gasteiger charge is 1.99. The third kappa shape index (κ3) is 2.38. The molecule has 0 aromatic carbocycles. The molecule has 4 nitrogen and oxygen atoms in total. The molecule has 12 heavy (non-hydrogen) atoms. The minimum Gasteiger partial charge on any atom is -0.368 e. The van der Waals surface area contributed by atoms with Crippen LogP contribution in [0.5, 0.6) is 0 Å². The number of H-pyrrole nitrogens is 1. The van der Waals surface area contributed by atoms with E-state index in [0.717, 1.165) is 18.6 Å². The first kappa shape index (κ1) is 8.77. The van der Waals surface area contributed by atoms with E-state index in [1.165, 1.54) is 0 Å². The first-order chi connectivity index (χ1) is 5.72. The molecule has 0 aliphatic carbocycles. The molecule has 66 valence electrons. The third-order valence-electron chi connectivity index (χ3n) is 1.42. The van der Waals surface area contributed by atoms with Crippen molar-refractivity contribution in [2.24, 2.45) is 5.92 Å². The normalized spacial score (nSPS) is 10.2. The predicted octanol–water partition coefficient (Wildman–Crippen LogP) is 1.29. The molecule has 0 aliphatic rings. The summed E-state index contributed by atoms with van der Waals surface area (Å²) in [4.78, 5) is 10.3. The number of nitrogens with one attached hydrogen (secondary N) is 2. The van der Waals surface area contributed by atoms with Crippen LogP contribution in [0.15, 0.2) is 6.07 Å². The summed E-state index contributed by atoms with van der Waals surface area (Å²) in [7, 11) is 0. The number of carbonyl (C=O) groups excluding carboxylic acids is 1. The van der Waals surface area contributed by atoms with Gasteiger partial charge < -0.3 is 5.32 Å². The fourth-order valence-corrected chi connectivity index (χ4v) is 0.796. The number of aromatic amines is 1. The average Bonchev–Trinajstić information content (AvgIpc) is 2.48. The second-order valence-electron chi connectivity index (χ2n) is 3.10. The number of aromatic nitrogens is 2. The van der Waals surface area contributed by atoms with Crippen LogP contribution in [-0.2, 0) is 0 Å². The summed E-state index contributed by atoms with van der Waals surface area (Å²) in [6, 6.07) is 1.69. The maximum Gasteiger partial charge on any atom is 0.167 e. The fraction of sp³-hybridized carbons (Fsp3) is 0.500. The summed E-state index contributed by atoms with van der Waals surface area (Å²) in [5.74, 6) is 1.30. The second-order valence-corrected chi connectivity index (χ2v) is 3.10. The van der Waals surface area contributed by atoms with E-state index in [4.69, 9.17) is 0 Å². The summed E-state index contributed by atoms with van der Waals surface area (Å²) < 4.78 is 0. The van der Waals surface area contributed by atoms with Crippen LogP contribution in [0.4, 0.5) is 5.82 Å². The lowest BCUT2D eigenvalue weighted by atomic mass is 10.2. The van der Waals surface area contributed by atoms with Crippen LogP contribution in [0.25, 0.3) is 0 Å². The van der Waals surface area contributed by atoms with E-state index in [2.05, 4.69) is 29.4 Å². The van der Waals surface area contributed by atoms with Crippen molar-refractivity contribution in [3.05, 3.63) is 11.8 Å². The van der Waals surface area contributed by atoms with Gasteiger partial charge >= 0.3 is 0 Å². The molecule has 1 rings (SSSR count). The van der Waals surface area contributed by atoms with Crippen LogP contribution in [0.1, 0.15) is 24.3 Å². The summed E-state index contributed by atoms with van der Waals surface area (Å²) >= 11 is 0. The van der Waals surface area contributed by atoms with Crippen molar-refractivity contribution in [3.63, 3.8) is 0 Å². The Hall–Kier alpha value is -1.32. The second kappa shape index (κ2) is 3.90. The Balaban J connectivity index is 2.47. The maximum atomic E-state index is 10.3. The molecule has 0 aliphatic heterocycles. The van der Waals surface area contributed by atoms with Gasteiger partial charge in [0.15, 0.2) is 6.29 Å². The fourth-order valence-electron chi connectivity index (χ4n) is 0.796. The lowest BCUT2D eigenvalue weighted by Gasteiger charge is -2.04. The molecule has 0 radical (unpaired) electrons. The molecule has 1 heterocycles. The van der Waals surface area contributed by atoms with Gasteiger partial charge in [-0.25, -0.2) is 0 Å². The Labute approximate surface area is 71.4 Å². The van der Waals surface area contributed by atoms with Gasteiger partial charge in [-0.2, -0.15) is 5.10 Å². The van der Waals surface area contributed by atoms with Gasteiger partial charge in [0.05, 0.1) is 5.69 Å². The first-order valence-corrected chi connectivity index (χ1v) is 3.97. The van der Waals surface area contributed by atoms with Gasteiger partial charge in [0, 0.05) is 12.6 Å². The highest BCUT2D eigenvalue weighted by atomic mass is 16.1. The predicted molar refractivity (Wildman–Crippen MR) is 47.3 cm³/mol. The lowest BCUT2D eigenvalue weighted by Crippen LogP contribution is -2.07. The molecule has 0 fully saturated rings. The van der Waals surface area contributed by atoms with E-state index < -0.39 is 0 Å². The van der Waals surface area contributed by atoms with Gasteiger partial charge in [-0.1, -0.05) is 13.8 Å². The van der Waals surface area contributed by atoms with Gasteiger partial charge in [-0.15, -0.1) is 0 Å². The molecule has 0 unspecified atom stereocenters. The molecule has 0 saturated carbocycles. The molecule has 0 atom stereocenters. The smallest absolute Gasteiger partial charge is 0.167 e. The Bertz CT molecular complexity index is 255. The third-order valence-corrected chi connectivity index (χ3v) is 1.42. The highest BCUT2D eigenvalue weighted by Crippen LogP contribution is 2.03. The molecular weight excluding hydrogens is 154 g/mol. The molecule has 0 saturated heterocycles. The average molecular weight is 167 g/mol. The first-order valence-electron chi connectivity index (χ1n) is 3.97. The summed E-state index contributed by atoms with van der Waals surface area (Å²) in [5, 5.41) is 9.59. The summed E-state index contributed by atoms with van der Waals surface area (Å²) in [6.07, 6.45) is 0.744. The maximum absolute atomic E-state index is 10.3. The van der Waals surface area contributed by atoms with Crippen molar-refractivity contribution >= 4 is 12.1 Å². The summed E-state index contributed by atoms with van der Waals surface area (Å²) in [5.41, 5.74) is 0.501. The Kier molecular flexibility index (Phi) is 2.85. The quantitative estimate of drug-likeness (QED) is 0.664. The molecule has 0 bridgehead atoms. The molecule has 4 heteroatoms. The number of hydrogen-bond donors (Lipinski definition) is 2. The standard InChI is InChI=1S/C8H13N3O/c1-6(2)4-9-8-3-7(5-12)10-11-8/h3,5-6H,4H2,1-2H3,(H2,9,10,11). The van der Waals surface area contributed by atoms with Crippen molar-refractivity contribution in [3.8, 4) is 0 Å². The van der Waals surface area contributed by atoms with Crippen molar-refractivity contribution in [1.29, 1.82) is 0 Å². The van der Waals surface area contributed by atoms with Crippen LogP contribution in [0.3, 0.4) is 0 Å². The van der Waals surface area contributed by atoms with Gasteiger partial charge in [0.25, 0.3) is 0 Å². The minimum atomic E-state index is 0.501. The van der Waals surface area contributed by atoms with Crippen LogP contribution in [-0.4, -0.2) is 23.0 Å². The van der Waals surface area contributed by atoms with E-state index in [1.54, 1.807) is 6.07 Å². The van der Waals surface area contributed by atoms with Crippen molar-refractivity contribution in [1.82, 2.24) is 10.2 Å². The van der Waals surface area contributed by atoms with Crippen molar-refractivity contribution < 1.29 is 4.79 Å². The monoisotopic (exact) mass is 167 g/mol. The van der Waals surface area contributed by atoms with Crippen LogP contribution < -0.4 is 5.32 Å². The molecular formula is C8H13N3O. The molecule has 0 amide bonds. The van der Waals surface area contributed by atoms with Crippen molar-refractivity contribution in [2.45, 2.75) is 13.8 Å². The number of rotatable bonds is 4. The zero-order chi connectivity index (χ0) is 8.97. The Morgan fingerprint density at radius 2 is 2.50 bits per heavy atom. The Morgan fingerprint density at radius 1 is 1.75 bits per heavy atom. The topological polar surface area (TPSA) is 57.8 Å². The van der Waals surface area contributed by atoms with Gasteiger partial charge in [0.2, 0.25) is 0 Å².